The first-order chi connectivity index (χ1) is 28.1. The van der Waals surface area contributed by atoms with E-state index >= 15 is 0 Å². The van der Waals surface area contributed by atoms with E-state index in [9.17, 15) is 0 Å². The van der Waals surface area contributed by atoms with Crippen molar-refractivity contribution >= 4 is 32.3 Å². The van der Waals surface area contributed by atoms with Crippen molar-refractivity contribution < 1.29 is 0 Å². The zero-order chi connectivity index (χ0) is 43.1. The Balaban J connectivity index is 1.71. The Morgan fingerprint density at radius 3 is 0.867 bits per heavy atom. The highest BCUT2D eigenvalue weighted by Gasteiger charge is 2.28. The molecule has 0 radical (unpaired) electrons. The highest BCUT2D eigenvalue weighted by molar-refractivity contribution is 6.34. The zero-order valence-corrected chi connectivity index (χ0v) is 38.7. The van der Waals surface area contributed by atoms with Gasteiger partial charge in [0, 0.05) is 0 Å². The van der Waals surface area contributed by atoms with Gasteiger partial charge in [-0.3, -0.25) is 0 Å². The number of aryl methyl sites for hydroxylation is 2. The average Bonchev–Trinajstić information content (AvgIpc) is 3.18. The van der Waals surface area contributed by atoms with Gasteiger partial charge in [-0.15, -0.1) is 0 Å². The van der Waals surface area contributed by atoms with Gasteiger partial charge in [-0.1, -0.05) is 222 Å². The van der Waals surface area contributed by atoms with Crippen LogP contribution >= 0.6 is 0 Å². The molecule has 0 amide bonds. The molecule has 0 saturated heterocycles. The Hall–Kier alpha value is -5.46. The van der Waals surface area contributed by atoms with Crippen LogP contribution in [0.4, 0.5) is 0 Å². The average molecular weight is 785 g/mol. The van der Waals surface area contributed by atoms with E-state index < -0.39 is 0 Å². The molecule has 0 bridgehead atoms. The molecule has 0 atom stereocenters. The summed E-state index contributed by atoms with van der Waals surface area (Å²) in [5.74, 6) is 0. The molecule has 0 N–H and O–H groups in total. The molecule has 0 saturated carbocycles. The molecule has 0 heterocycles. The molecule has 0 heteroatoms. The molecule has 0 unspecified atom stereocenters. The van der Waals surface area contributed by atoms with Crippen LogP contribution in [-0.4, -0.2) is 0 Å². The molecule has 60 heavy (non-hydrogen) atoms. The van der Waals surface area contributed by atoms with Gasteiger partial charge in [-0.2, -0.15) is 0 Å². The summed E-state index contributed by atoms with van der Waals surface area (Å²) in [5, 5.41) is 7.75. The van der Waals surface area contributed by atoms with Crippen molar-refractivity contribution in [3.63, 3.8) is 0 Å². The van der Waals surface area contributed by atoms with E-state index in [1.807, 2.05) is 0 Å². The fraction of sp³-hybridized carbons (Fsp3) is 0.300. The van der Waals surface area contributed by atoms with Gasteiger partial charge >= 0.3 is 0 Å². The Morgan fingerprint density at radius 1 is 0.250 bits per heavy atom. The summed E-state index contributed by atoms with van der Waals surface area (Å²) in [6.45, 7) is 32.2. The second-order valence-corrected chi connectivity index (χ2v) is 21.7. The SMILES string of the molecule is Cc1ccc(-c2c3ccc(C)cc3c(-c3ccc(C(C)(C)C)cc3)c3c(-c4ccc(C(C)(C)C)cc4)c4ccc(C(C)(C)C)cc4c(-c4ccc(C(C)(C)C)cc4)c23)cc1. The highest BCUT2D eigenvalue weighted by atomic mass is 14.3. The van der Waals surface area contributed by atoms with E-state index in [0.717, 1.165) is 0 Å². The van der Waals surface area contributed by atoms with Crippen LogP contribution in [0.2, 0.25) is 0 Å². The monoisotopic (exact) mass is 785 g/mol. The maximum Gasteiger partial charge on any atom is -0.000139 e. The van der Waals surface area contributed by atoms with Crippen LogP contribution in [-0.2, 0) is 21.7 Å². The number of hydrogen-bond donors (Lipinski definition) is 0. The molecular formula is C60H64. The summed E-state index contributed by atoms with van der Waals surface area (Å²) < 4.78 is 0. The topological polar surface area (TPSA) is 0 Å². The van der Waals surface area contributed by atoms with Crippen LogP contribution in [0.3, 0.4) is 0 Å². The lowest BCUT2D eigenvalue weighted by molar-refractivity contribution is 0.590. The lowest BCUT2D eigenvalue weighted by Crippen LogP contribution is -2.11. The van der Waals surface area contributed by atoms with Gasteiger partial charge in [0.1, 0.15) is 0 Å². The van der Waals surface area contributed by atoms with Crippen molar-refractivity contribution in [1.82, 2.24) is 0 Å². The van der Waals surface area contributed by atoms with Crippen LogP contribution in [0, 0.1) is 13.8 Å². The Bertz CT molecular complexity index is 2890. The molecule has 0 aromatic heterocycles. The van der Waals surface area contributed by atoms with Gasteiger partial charge in [-0.05, 0) is 141 Å². The van der Waals surface area contributed by atoms with Gasteiger partial charge in [0.2, 0.25) is 0 Å². The molecule has 304 valence electrons. The van der Waals surface area contributed by atoms with Crippen LogP contribution in [0.1, 0.15) is 116 Å². The van der Waals surface area contributed by atoms with E-state index in [1.165, 1.54) is 110 Å². The quantitative estimate of drug-likeness (QED) is 0.156. The highest BCUT2D eigenvalue weighted by Crippen LogP contribution is 2.54. The number of rotatable bonds is 4. The maximum atomic E-state index is 2.52. The summed E-state index contributed by atoms with van der Waals surface area (Å²) in [6.07, 6.45) is 0. The minimum Gasteiger partial charge on any atom is -0.0587 e. The van der Waals surface area contributed by atoms with Crippen molar-refractivity contribution in [3.8, 4) is 44.5 Å². The summed E-state index contributed by atoms with van der Waals surface area (Å²) in [4.78, 5) is 0. The minimum atomic E-state index is -0.0360. The standard InChI is InChI=1S/C60H64/c1-37-15-18-39(19-16-37)51-47-33-17-38(2)35-49(47)53(41-22-28-44(29-23-41)58(6,7)8)55-52(40-20-26-43(27-21-40)57(3,4)5)48-34-32-46(60(12,13)14)36-50(48)54(56(51)55)42-24-30-45(31-25-42)59(9,10)11/h15-36H,1-14H3. The van der Waals surface area contributed by atoms with Crippen molar-refractivity contribution in [3.05, 3.63) is 167 Å². The predicted octanol–water partition coefficient (Wildman–Crippen LogP) is 17.6. The first-order valence-electron chi connectivity index (χ1n) is 22.0. The van der Waals surface area contributed by atoms with Gasteiger partial charge in [-0.25, -0.2) is 0 Å². The Labute approximate surface area is 360 Å². The van der Waals surface area contributed by atoms with E-state index in [1.54, 1.807) is 0 Å². The molecule has 8 rings (SSSR count). The van der Waals surface area contributed by atoms with Gasteiger partial charge in [0.25, 0.3) is 0 Å². The van der Waals surface area contributed by atoms with Crippen molar-refractivity contribution in [2.24, 2.45) is 0 Å². The van der Waals surface area contributed by atoms with E-state index in [2.05, 4.69) is 230 Å². The van der Waals surface area contributed by atoms with Crippen LogP contribution < -0.4 is 0 Å². The predicted molar refractivity (Wildman–Crippen MR) is 265 cm³/mol. The van der Waals surface area contributed by atoms with E-state index in [-0.39, 0.29) is 21.7 Å². The van der Waals surface area contributed by atoms with Crippen molar-refractivity contribution in [2.45, 2.75) is 119 Å². The molecule has 0 fully saturated rings. The first-order valence-corrected chi connectivity index (χ1v) is 22.0. The van der Waals surface area contributed by atoms with Crippen LogP contribution in [0.15, 0.2) is 133 Å². The number of fused-ring (bicyclic) bond motifs is 3. The fourth-order valence-electron chi connectivity index (χ4n) is 9.14. The van der Waals surface area contributed by atoms with E-state index in [4.69, 9.17) is 0 Å². The second-order valence-electron chi connectivity index (χ2n) is 21.7. The molecular weight excluding hydrogens is 721 g/mol. The Kier molecular flexibility index (Phi) is 10.1. The van der Waals surface area contributed by atoms with E-state index in [0.29, 0.717) is 0 Å². The number of benzene rings is 8. The third-order valence-electron chi connectivity index (χ3n) is 12.8. The molecule has 0 aliphatic carbocycles. The molecule has 0 nitrogen and oxygen atoms in total. The normalized spacial score (nSPS) is 12.8. The maximum absolute atomic E-state index is 2.52. The summed E-state index contributed by atoms with van der Waals surface area (Å²) in [7, 11) is 0. The minimum absolute atomic E-state index is 0.0360. The molecule has 0 aliphatic heterocycles. The third kappa shape index (κ3) is 7.49. The van der Waals surface area contributed by atoms with Gasteiger partial charge in [0.05, 0.1) is 0 Å². The van der Waals surface area contributed by atoms with Gasteiger partial charge in [0.15, 0.2) is 0 Å². The third-order valence-corrected chi connectivity index (χ3v) is 12.8. The fourth-order valence-corrected chi connectivity index (χ4v) is 9.14. The first kappa shape index (κ1) is 41.3. The zero-order valence-electron chi connectivity index (χ0n) is 38.7. The molecule has 0 spiro atoms. The second kappa shape index (κ2) is 14.6. The summed E-state index contributed by atoms with van der Waals surface area (Å²) in [5.41, 5.74) is 18.1. The Morgan fingerprint density at radius 2 is 0.517 bits per heavy atom. The molecule has 8 aromatic rings. The van der Waals surface area contributed by atoms with Crippen LogP contribution in [0.5, 0.6) is 0 Å². The molecule has 0 aliphatic rings. The lowest BCUT2D eigenvalue weighted by Gasteiger charge is -2.28. The summed E-state index contributed by atoms with van der Waals surface area (Å²) >= 11 is 0. The van der Waals surface area contributed by atoms with Crippen molar-refractivity contribution in [1.29, 1.82) is 0 Å². The van der Waals surface area contributed by atoms with Gasteiger partial charge < -0.3 is 0 Å². The molecule has 8 aromatic carbocycles. The lowest BCUT2D eigenvalue weighted by atomic mass is 9.75. The largest absolute Gasteiger partial charge is 0.0587 e. The van der Waals surface area contributed by atoms with Crippen LogP contribution in [0.25, 0.3) is 76.8 Å². The van der Waals surface area contributed by atoms with Crippen molar-refractivity contribution in [2.75, 3.05) is 0 Å². The smallest absolute Gasteiger partial charge is 0.000139 e. The summed E-state index contributed by atoms with van der Waals surface area (Å²) in [6, 6.07) is 52.3. The number of hydrogen-bond acceptors (Lipinski definition) is 0.